The van der Waals surface area contributed by atoms with E-state index >= 15 is 0 Å². The van der Waals surface area contributed by atoms with Gasteiger partial charge in [-0.1, -0.05) is 11.3 Å². The topological polar surface area (TPSA) is 60.1 Å². The Bertz CT molecular complexity index is 620. The third-order valence-corrected chi connectivity index (χ3v) is 3.59. The summed E-state index contributed by atoms with van der Waals surface area (Å²) in [6.45, 7) is 0. The molecule has 1 aromatic heterocycles. The van der Waals surface area contributed by atoms with Gasteiger partial charge in [-0.15, -0.1) is 5.10 Å². The van der Waals surface area contributed by atoms with Crippen molar-refractivity contribution < 1.29 is 4.79 Å². The molecule has 0 unspecified atom stereocenters. The summed E-state index contributed by atoms with van der Waals surface area (Å²) in [4.78, 5) is 14.5. The minimum absolute atomic E-state index is 0.354. The monoisotopic (exact) mass is 228 g/mol. The van der Waals surface area contributed by atoms with Crippen molar-refractivity contribution in [3.63, 3.8) is 0 Å². The van der Waals surface area contributed by atoms with Gasteiger partial charge in [0.15, 0.2) is 0 Å². The van der Waals surface area contributed by atoms with Crippen molar-refractivity contribution in [2.75, 3.05) is 0 Å². The Hall–Kier alpha value is -2.00. The maximum atomic E-state index is 10.5. The lowest BCUT2D eigenvalue weighted by molar-refractivity contribution is 0.256. The molecule has 5 nitrogen and oxygen atoms in total. The molecule has 0 saturated heterocycles. The molecule has 0 aliphatic heterocycles. The van der Waals surface area contributed by atoms with Crippen LogP contribution in [0.3, 0.4) is 0 Å². The van der Waals surface area contributed by atoms with Gasteiger partial charge in [-0.3, -0.25) is 0 Å². The number of hydrogen-bond donors (Lipinski definition) is 0. The molecule has 1 aromatic carbocycles. The van der Waals surface area contributed by atoms with Gasteiger partial charge in [0.1, 0.15) is 5.52 Å². The first-order chi connectivity index (χ1) is 8.25. The zero-order valence-corrected chi connectivity index (χ0v) is 9.55. The van der Waals surface area contributed by atoms with Crippen LogP contribution in [0.15, 0.2) is 23.2 Å². The molecule has 3 rings (SSSR count). The van der Waals surface area contributed by atoms with Crippen LogP contribution in [-0.2, 0) is 17.4 Å². The van der Waals surface area contributed by atoms with Crippen LogP contribution < -0.4 is 0 Å². The first-order valence-electron chi connectivity index (χ1n) is 5.64. The smallest absolute Gasteiger partial charge is 0.235 e. The fraction of sp³-hybridized carbons (Fsp3) is 0.417. The molecule has 1 saturated carbocycles. The molecule has 0 bridgehead atoms. The summed E-state index contributed by atoms with van der Waals surface area (Å²) in [5.74, 6) is 0. The van der Waals surface area contributed by atoms with Crippen molar-refractivity contribution in [3.8, 4) is 0 Å². The third-order valence-electron chi connectivity index (χ3n) is 3.59. The van der Waals surface area contributed by atoms with Gasteiger partial charge in [0.2, 0.25) is 6.08 Å². The van der Waals surface area contributed by atoms with E-state index in [0.717, 1.165) is 35.9 Å². The highest BCUT2D eigenvalue weighted by Crippen LogP contribution is 2.45. The van der Waals surface area contributed by atoms with Crippen molar-refractivity contribution in [1.29, 1.82) is 0 Å². The third kappa shape index (κ3) is 1.40. The Balaban J connectivity index is 2.14. The molecular weight excluding hydrogens is 216 g/mol. The first kappa shape index (κ1) is 10.2. The fourth-order valence-corrected chi connectivity index (χ4v) is 2.39. The summed E-state index contributed by atoms with van der Waals surface area (Å²) in [5, 5.41) is 8.05. The quantitative estimate of drug-likeness (QED) is 0.580. The summed E-state index contributed by atoms with van der Waals surface area (Å²) in [7, 11) is 1.86. The SMILES string of the molecule is Cn1nnc2cc(C3(N=C=O)CCC3)ccc21. The van der Waals surface area contributed by atoms with Crippen LogP contribution in [0.1, 0.15) is 24.8 Å². The van der Waals surface area contributed by atoms with Crippen LogP contribution in [0.4, 0.5) is 0 Å². The largest absolute Gasteiger partial charge is 0.248 e. The molecule has 0 radical (unpaired) electrons. The van der Waals surface area contributed by atoms with Gasteiger partial charge >= 0.3 is 0 Å². The van der Waals surface area contributed by atoms with E-state index in [4.69, 9.17) is 0 Å². The van der Waals surface area contributed by atoms with E-state index in [1.807, 2.05) is 25.2 Å². The average Bonchev–Trinajstić information content (AvgIpc) is 2.65. The molecule has 1 aliphatic rings. The predicted octanol–water partition coefficient (Wildman–Crippen LogP) is 1.68. The molecule has 1 aliphatic carbocycles. The highest BCUT2D eigenvalue weighted by molar-refractivity contribution is 5.75. The van der Waals surface area contributed by atoms with Gasteiger partial charge < -0.3 is 0 Å². The lowest BCUT2D eigenvalue weighted by atomic mass is 9.72. The molecule has 1 heterocycles. The second-order valence-corrected chi connectivity index (χ2v) is 4.50. The normalized spacial score (nSPS) is 17.5. The van der Waals surface area contributed by atoms with Crippen LogP contribution in [0, 0.1) is 0 Å². The predicted molar refractivity (Wildman–Crippen MR) is 62.2 cm³/mol. The van der Waals surface area contributed by atoms with Gasteiger partial charge in [-0.25, -0.2) is 9.48 Å². The Morgan fingerprint density at radius 1 is 1.47 bits per heavy atom. The molecule has 17 heavy (non-hydrogen) atoms. The lowest BCUT2D eigenvalue weighted by Gasteiger charge is -2.37. The Labute approximate surface area is 98.1 Å². The van der Waals surface area contributed by atoms with Crippen LogP contribution in [0.25, 0.3) is 11.0 Å². The second kappa shape index (κ2) is 3.50. The number of hydrogen-bond acceptors (Lipinski definition) is 4. The zero-order valence-electron chi connectivity index (χ0n) is 9.55. The molecule has 0 amide bonds. The van der Waals surface area contributed by atoms with Crippen molar-refractivity contribution in [2.24, 2.45) is 12.0 Å². The van der Waals surface area contributed by atoms with E-state index in [9.17, 15) is 4.79 Å². The van der Waals surface area contributed by atoms with Crippen molar-refractivity contribution in [3.05, 3.63) is 23.8 Å². The van der Waals surface area contributed by atoms with Crippen LogP contribution in [-0.4, -0.2) is 21.1 Å². The summed E-state index contributed by atoms with van der Waals surface area (Å²) in [6, 6.07) is 5.96. The minimum Gasteiger partial charge on any atom is -0.248 e. The lowest BCUT2D eigenvalue weighted by Crippen LogP contribution is -2.31. The molecule has 0 spiro atoms. The molecule has 0 atom stereocenters. The van der Waals surface area contributed by atoms with Gasteiger partial charge in [-0.05, 0) is 37.0 Å². The second-order valence-electron chi connectivity index (χ2n) is 4.50. The number of benzene rings is 1. The molecular formula is C12H12N4O. The van der Waals surface area contributed by atoms with E-state index in [-0.39, 0.29) is 5.54 Å². The Morgan fingerprint density at radius 2 is 2.29 bits per heavy atom. The fourth-order valence-electron chi connectivity index (χ4n) is 2.39. The first-order valence-corrected chi connectivity index (χ1v) is 5.64. The maximum absolute atomic E-state index is 10.5. The van der Waals surface area contributed by atoms with Crippen LogP contribution in [0.5, 0.6) is 0 Å². The number of isocyanates is 1. The standard InChI is InChI=1S/C12H12N4O/c1-16-11-4-3-9(7-10(11)14-15-16)12(13-8-17)5-2-6-12/h3-4,7H,2,5-6H2,1H3. The summed E-state index contributed by atoms with van der Waals surface area (Å²) >= 11 is 0. The van der Waals surface area contributed by atoms with E-state index in [1.54, 1.807) is 10.8 Å². The number of rotatable bonds is 2. The van der Waals surface area contributed by atoms with E-state index < -0.39 is 0 Å². The minimum atomic E-state index is -0.354. The van der Waals surface area contributed by atoms with Gasteiger partial charge in [-0.2, -0.15) is 4.99 Å². The maximum Gasteiger partial charge on any atom is 0.235 e. The van der Waals surface area contributed by atoms with E-state index in [1.165, 1.54) is 0 Å². The Morgan fingerprint density at radius 3 is 2.94 bits per heavy atom. The van der Waals surface area contributed by atoms with Crippen LogP contribution >= 0.6 is 0 Å². The summed E-state index contributed by atoms with van der Waals surface area (Å²) in [6.07, 6.45) is 4.62. The highest BCUT2D eigenvalue weighted by Gasteiger charge is 2.39. The number of fused-ring (bicyclic) bond motifs is 1. The number of nitrogens with zero attached hydrogens (tertiary/aromatic N) is 4. The van der Waals surface area contributed by atoms with Crippen molar-refractivity contribution >= 4 is 17.1 Å². The van der Waals surface area contributed by atoms with E-state index in [0.29, 0.717) is 0 Å². The molecule has 2 aromatic rings. The van der Waals surface area contributed by atoms with E-state index in [2.05, 4.69) is 15.3 Å². The summed E-state index contributed by atoms with van der Waals surface area (Å²) in [5.41, 5.74) is 2.52. The number of aromatic nitrogens is 3. The summed E-state index contributed by atoms with van der Waals surface area (Å²) < 4.78 is 1.73. The van der Waals surface area contributed by atoms with Gasteiger partial charge in [0.25, 0.3) is 0 Å². The van der Waals surface area contributed by atoms with Crippen LogP contribution in [0.2, 0.25) is 0 Å². The number of aryl methyl sites for hydroxylation is 1. The van der Waals surface area contributed by atoms with Gasteiger partial charge in [0.05, 0.1) is 11.1 Å². The number of aliphatic imine (C=N–C) groups is 1. The van der Waals surface area contributed by atoms with Gasteiger partial charge in [0, 0.05) is 7.05 Å². The molecule has 5 heteroatoms. The Kier molecular flexibility index (Phi) is 2.09. The highest BCUT2D eigenvalue weighted by atomic mass is 16.1. The molecule has 0 N–H and O–H groups in total. The molecule has 1 fully saturated rings. The van der Waals surface area contributed by atoms with Crippen molar-refractivity contribution in [2.45, 2.75) is 24.8 Å². The van der Waals surface area contributed by atoms with Crippen molar-refractivity contribution in [1.82, 2.24) is 15.0 Å². The number of carbonyl (C=O) groups excluding carboxylic acids is 1. The molecule has 86 valence electrons. The average molecular weight is 228 g/mol. The zero-order chi connectivity index (χ0) is 11.9.